The van der Waals surface area contributed by atoms with Gasteiger partial charge in [-0.2, -0.15) is 0 Å². The molecule has 0 fully saturated rings. The van der Waals surface area contributed by atoms with Crippen LogP contribution in [0.2, 0.25) is 10.0 Å². The summed E-state index contributed by atoms with van der Waals surface area (Å²) in [6.45, 7) is 4.48. The summed E-state index contributed by atoms with van der Waals surface area (Å²) in [6, 6.07) is 14.3. The van der Waals surface area contributed by atoms with Crippen LogP contribution >= 0.6 is 23.2 Å². The highest BCUT2D eigenvalue weighted by molar-refractivity contribution is 6.36. The Kier molecular flexibility index (Phi) is 8.81. The highest BCUT2D eigenvalue weighted by Gasteiger charge is 2.30. The Morgan fingerprint density at radius 3 is 2.21 bits per heavy atom. The largest absolute Gasteiger partial charge is 0.355 e. The Hall–Kier alpha value is -2.04. The summed E-state index contributed by atoms with van der Waals surface area (Å²) in [5.74, 6) is -0.273. The number of likely N-dealkylation sites (N-methyl/N-ethyl adjacent to an activating group) is 1. The van der Waals surface area contributed by atoms with E-state index in [1.807, 2.05) is 44.2 Å². The van der Waals surface area contributed by atoms with Crippen LogP contribution in [0.5, 0.6) is 0 Å². The number of hydrogen-bond acceptors (Lipinski definition) is 2. The molecule has 0 aliphatic heterocycles. The Morgan fingerprint density at radius 2 is 1.64 bits per heavy atom. The van der Waals surface area contributed by atoms with Crippen molar-refractivity contribution in [2.45, 2.75) is 45.7 Å². The van der Waals surface area contributed by atoms with E-state index in [1.165, 1.54) is 0 Å². The normalized spacial score (nSPS) is 11.7. The van der Waals surface area contributed by atoms with Crippen LogP contribution < -0.4 is 5.32 Å². The number of hydrogen-bond donors (Lipinski definition) is 1. The van der Waals surface area contributed by atoms with Gasteiger partial charge in [-0.25, -0.2) is 0 Å². The van der Waals surface area contributed by atoms with E-state index in [1.54, 1.807) is 23.1 Å². The van der Waals surface area contributed by atoms with E-state index in [-0.39, 0.29) is 18.4 Å². The Labute approximate surface area is 176 Å². The fourth-order valence-corrected chi connectivity index (χ4v) is 3.57. The second-order valence-electron chi connectivity index (χ2n) is 6.57. The summed E-state index contributed by atoms with van der Waals surface area (Å²) < 4.78 is 0. The number of rotatable bonds is 9. The van der Waals surface area contributed by atoms with Crippen molar-refractivity contribution in [1.82, 2.24) is 10.2 Å². The number of nitrogens with zero attached hydrogens (tertiary/aromatic N) is 1. The smallest absolute Gasteiger partial charge is 0.243 e. The minimum Gasteiger partial charge on any atom is -0.355 e. The lowest BCUT2D eigenvalue weighted by Crippen LogP contribution is -2.50. The van der Waals surface area contributed by atoms with Crippen LogP contribution in [0.1, 0.15) is 37.8 Å². The molecule has 0 saturated carbocycles. The molecule has 0 radical (unpaired) electrons. The predicted octanol–water partition coefficient (Wildman–Crippen LogP) is 4.87. The van der Waals surface area contributed by atoms with Gasteiger partial charge in [0, 0.05) is 41.5 Å². The number of amides is 2. The molecule has 4 nitrogen and oxygen atoms in total. The fraction of sp³-hybridized carbons (Fsp3) is 0.364. The number of halogens is 2. The molecule has 0 aliphatic rings. The third-order valence-electron chi connectivity index (χ3n) is 4.48. The molecule has 2 aromatic carbocycles. The molecule has 0 saturated heterocycles. The minimum absolute atomic E-state index is 0.0920. The van der Waals surface area contributed by atoms with Gasteiger partial charge in [0.25, 0.3) is 0 Å². The van der Waals surface area contributed by atoms with Crippen molar-refractivity contribution >= 4 is 35.0 Å². The van der Waals surface area contributed by atoms with Crippen molar-refractivity contribution in [3.8, 4) is 0 Å². The topological polar surface area (TPSA) is 49.4 Å². The van der Waals surface area contributed by atoms with E-state index in [0.717, 1.165) is 5.56 Å². The molecule has 0 heterocycles. The highest BCUT2D eigenvalue weighted by Crippen LogP contribution is 2.27. The molecular weight excluding hydrogens is 395 g/mol. The lowest BCUT2D eigenvalue weighted by atomic mass is 10.0. The van der Waals surface area contributed by atoms with Gasteiger partial charge in [0.1, 0.15) is 6.04 Å². The predicted molar refractivity (Wildman–Crippen MR) is 115 cm³/mol. The van der Waals surface area contributed by atoms with Crippen molar-refractivity contribution in [2.24, 2.45) is 0 Å². The Morgan fingerprint density at radius 1 is 1.00 bits per heavy atom. The molecule has 1 atom stereocenters. The van der Waals surface area contributed by atoms with E-state index in [4.69, 9.17) is 23.2 Å². The first-order chi connectivity index (χ1) is 13.5. The van der Waals surface area contributed by atoms with Gasteiger partial charge in [0.05, 0.1) is 0 Å². The first-order valence-electron chi connectivity index (χ1n) is 9.51. The molecule has 0 aromatic heterocycles. The third kappa shape index (κ3) is 5.98. The second-order valence-corrected chi connectivity index (χ2v) is 7.39. The van der Waals surface area contributed by atoms with Crippen molar-refractivity contribution in [3.63, 3.8) is 0 Å². The average molecular weight is 421 g/mol. The van der Waals surface area contributed by atoms with Gasteiger partial charge in [0.15, 0.2) is 0 Å². The van der Waals surface area contributed by atoms with Crippen molar-refractivity contribution in [1.29, 1.82) is 0 Å². The first-order valence-corrected chi connectivity index (χ1v) is 10.3. The lowest BCUT2D eigenvalue weighted by Gasteiger charge is -2.32. The van der Waals surface area contributed by atoms with Gasteiger partial charge in [-0.3, -0.25) is 9.59 Å². The van der Waals surface area contributed by atoms with Gasteiger partial charge in [-0.15, -0.1) is 0 Å². The standard InChI is InChI=1S/C22H26Cl2N2O2/c1-3-9-21(27)26(15-17-18(23)12-8-13-19(17)24)20(22(28)25-4-2)14-16-10-6-5-7-11-16/h5-8,10-13,20H,3-4,9,14-15H2,1-2H3,(H,25,28). The summed E-state index contributed by atoms with van der Waals surface area (Å²) in [7, 11) is 0. The van der Waals surface area contributed by atoms with E-state index in [2.05, 4.69) is 5.32 Å². The van der Waals surface area contributed by atoms with E-state index >= 15 is 0 Å². The van der Waals surface area contributed by atoms with Crippen molar-refractivity contribution < 1.29 is 9.59 Å². The van der Waals surface area contributed by atoms with E-state index < -0.39 is 6.04 Å². The summed E-state index contributed by atoms with van der Waals surface area (Å²) in [5, 5.41) is 3.82. The summed E-state index contributed by atoms with van der Waals surface area (Å²) >= 11 is 12.7. The fourth-order valence-electron chi connectivity index (χ4n) is 3.06. The van der Waals surface area contributed by atoms with Crippen LogP contribution in [0, 0.1) is 0 Å². The molecule has 6 heteroatoms. The number of nitrogens with one attached hydrogen (secondary N) is 1. The molecule has 150 valence electrons. The molecule has 0 aliphatic carbocycles. The second kappa shape index (κ2) is 11.1. The van der Waals surface area contributed by atoms with Gasteiger partial charge < -0.3 is 10.2 Å². The molecule has 2 rings (SSSR count). The molecule has 0 spiro atoms. The maximum absolute atomic E-state index is 13.0. The van der Waals surface area contributed by atoms with Crippen LogP contribution in [0.3, 0.4) is 0 Å². The monoisotopic (exact) mass is 420 g/mol. The Bertz CT molecular complexity index is 776. The summed E-state index contributed by atoms with van der Waals surface area (Å²) in [6.07, 6.45) is 1.47. The number of benzene rings is 2. The molecule has 2 amide bonds. The zero-order chi connectivity index (χ0) is 20.5. The molecule has 1 unspecified atom stereocenters. The van der Waals surface area contributed by atoms with Crippen molar-refractivity contribution in [2.75, 3.05) is 6.54 Å². The quantitative estimate of drug-likeness (QED) is 0.628. The van der Waals surface area contributed by atoms with Crippen LogP contribution in [0.15, 0.2) is 48.5 Å². The molecule has 1 N–H and O–H groups in total. The van der Waals surface area contributed by atoms with Crippen LogP contribution in [0.4, 0.5) is 0 Å². The van der Waals surface area contributed by atoms with Crippen molar-refractivity contribution in [3.05, 3.63) is 69.7 Å². The van der Waals surface area contributed by atoms with Gasteiger partial charge in [-0.05, 0) is 31.0 Å². The molecule has 2 aromatic rings. The zero-order valence-electron chi connectivity index (χ0n) is 16.3. The Balaban J connectivity index is 2.42. The van der Waals surface area contributed by atoms with Gasteiger partial charge in [-0.1, -0.05) is 66.5 Å². The summed E-state index contributed by atoms with van der Waals surface area (Å²) in [4.78, 5) is 27.5. The van der Waals surface area contributed by atoms with Gasteiger partial charge >= 0.3 is 0 Å². The lowest BCUT2D eigenvalue weighted by molar-refractivity contribution is -0.141. The van der Waals surface area contributed by atoms with E-state index in [0.29, 0.717) is 41.4 Å². The number of carbonyl (C=O) groups excluding carboxylic acids is 2. The molecular formula is C22H26Cl2N2O2. The average Bonchev–Trinajstić information content (AvgIpc) is 2.67. The molecule has 0 bridgehead atoms. The molecule has 28 heavy (non-hydrogen) atoms. The first kappa shape index (κ1) is 22.3. The maximum atomic E-state index is 13.0. The SMILES string of the molecule is CCCC(=O)N(Cc1c(Cl)cccc1Cl)C(Cc1ccccc1)C(=O)NCC. The van der Waals surface area contributed by atoms with E-state index in [9.17, 15) is 9.59 Å². The van der Waals surface area contributed by atoms with Gasteiger partial charge in [0.2, 0.25) is 11.8 Å². The zero-order valence-corrected chi connectivity index (χ0v) is 17.8. The third-order valence-corrected chi connectivity index (χ3v) is 5.18. The maximum Gasteiger partial charge on any atom is 0.243 e. The van der Waals surface area contributed by atoms with Crippen LogP contribution in [-0.4, -0.2) is 29.3 Å². The van der Waals surface area contributed by atoms with Crippen LogP contribution in [-0.2, 0) is 22.6 Å². The van der Waals surface area contributed by atoms with Crippen LogP contribution in [0.25, 0.3) is 0 Å². The minimum atomic E-state index is -0.645. The number of carbonyl (C=O) groups is 2. The highest BCUT2D eigenvalue weighted by atomic mass is 35.5. The summed E-state index contributed by atoms with van der Waals surface area (Å²) in [5.41, 5.74) is 1.64.